The first-order valence-electron chi connectivity index (χ1n) is 7.66. The third-order valence-corrected chi connectivity index (χ3v) is 3.75. The van der Waals surface area contributed by atoms with Crippen molar-refractivity contribution in [1.82, 2.24) is 15.0 Å². The van der Waals surface area contributed by atoms with E-state index in [2.05, 4.69) is 62.3 Å². The lowest BCUT2D eigenvalue weighted by atomic mass is 9.87. The van der Waals surface area contributed by atoms with Crippen LogP contribution in [0.1, 0.15) is 56.6 Å². The maximum atomic E-state index is 5.74. The van der Waals surface area contributed by atoms with Crippen molar-refractivity contribution in [3.8, 4) is 0 Å². The third-order valence-electron chi connectivity index (χ3n) is 3.75. The predicted molar refractivity (Wildman–Crippen MR) is 86.2 cm³/mol. The van der Waals surface area contributed by atoms with Gasteiger partial charge in [-0.3, -0.25) is 0 Å². The van der Waals surface area contributed by atoms with Crippen molar-refractivity contribution in [2.24, 2.45) is 5.73 Å². The van der Waals surface area contributed by atoms with Crippen LogP contribution in [0.4, 0.5) is 0 Å². The highest BCUT2D eigenvalue weighted by Gasteiger charge is 2.14. The second-order valence-corrected chi connectivity index (χ2v) is 6.54. The topological polar surface area (TPSA) is 56.7 Å². The average Bonchev–Trinajstić information content (AvgIpc) is 2.81. The molecule has 0 saturated heterocycles. The van der Waals surface area contributed by atoms with Crippen LogP contribution >= 0.6 is 0 Å². The van der Waals surface area contributed by atoms with Crippen LogP contribution in [0.3, 0.4) is 0 Å². The van der Waals surface area contributed by atoms with Gasteiger partial charge in [-0.15, -0.1) is 5.10 Å². The van der Waals surface area contributed by atoms with Crippen molar-refractivity contribution >= 4 is 0 Å². The van der Waals surface area contributed by atoms with E-state index in [1.165, 1.54) is 16.8 Å². The molecule has 2 N–H and O–H groups in total. The summed E-state index contributed by atoms with van der Waals surface area (Å²) in [6, 6.07) is 8.77. The normalized spacial score (nSPS) is 11.9. The summed E-state index contributed by atoms with van der Waals surface area (Å²) in [5.41, 5.74) is 10.6. The highest BCUT2D eigenvalue weighted by atomic mass is 15.4. The van der Waals surface area contributed by atoms with E-state index in [9.17, 15) is 0 Å². The third kappa shape index (κ3) is 3.70. The Morgan fingerprint density at radius 2 is 1.81 bits per heavy atom. The summed E-state index contributed by atoms with van der Waals surface area (Å²) in [6.45, 7) is 10.1. The van der Waals surface area contributed by atoms with E-state index in [1.54, 1.807) is 0 Å². The maximum Gasteiger partial charge on any atom is 0.0994 e. The molecule has 0 saturated carbocycles. The van der Waals surface area contributed by atoms with Gasteiger partial charge in [-0.2, -0.15) is 0 Å². The zero-order valence-electron chi connectivity index (χ0n) is 13.6. The molecule has 2 rings (SSSR count). The molecule has 1 aromatic carbocycles. The molecule has 4 heteroatoms. The molecule has 1 aromatic heterocycles. The fourth-order valence-electron chi connectivity index (χ4n) is 2.45. The molecular formula is C17H26N4. The van der Waals surface area contributed by atoms with Gasteiger partial charge in [-0.1, -0.05) is 63.6 Å². The van der Waals surface area contributed by atoms with Gasteiger partial charge >= 0.3 is 0 Å². The number of benzene rings is 1. The monoisotopic (exact) mass is 286 g/mol. The lowest BCUT2D eigenvalue weighted by molar-refractivity contribution is 0.587. The molecule has 21 heavy (non-hydrogen) atoms. The van der Waals surface area contributed by atoms with E-state index >= 15 is 0 Å². The molecule has 0 aliphatic heterocycles. The molecule has 0 radical (unpaired) electrons. The van der Waals surface area contributed by atoms with Gasteiger partial charge in [0, 0.05) is 6.54 Å². The molecule has 114 valence electrons. The highest BCUT2D eigenvalue weighted by molar-refractivity contribution is 5.28. The predicted octanol–water partition coefficient (Wildman–Crippen LogP) is 3.04. The van der Waals surface area contributed by atoms with Crippen molar-refractivity contribution in [1.29, 1.82) is 0 Å². The first kappa shape index (κ1) is 15.7. The number of nitrogens with two attached hydrogens (primary N) is 1. The van der Waals surface area contributed by atoms with Crippen molar-refractivity contribution in [2.45, 2.75) is 59.0 Å². The fourth-order valence-corrected chi connectivity index (χ4v) is 2.45. The molecular weight excluding hydrogens is 260 g/mol. The molecule has 0 bridgehead atoms. The van der Waals surface area contributed by atoms with Crippen molar-refractivity contribution < 1.29 is 0 Å². The van der Waals surface area contributed by atoms with Crippen molar-refractivity contribution in [2.75, 3.05) is 0 Å². The van der Waals surface area contributed by atoms with Crippen LogP contribution in [-0.4, -0.2) is 15.0 Å². The van der Waals surface area contributed by atoms with E-state index in [0.29, 0.717) is 6.54 Å². The fraction of sp³-hybridized carbons (Fsp3) is 0.529. The number of nitrogens with zero attached hydrogens (tertiary/aromatic N) is 3. The Morgan fingerprint density at radius 1 is 1.14 bits per heavy atom. The Balaban J connectivity index is 2.20. The molecule has 0 aliphatic carbocycles. The number of hydrogen-bond acceptors (Lipinski definition) is 3. The van der Waals surface area contributed by atoms with Gasteiger partial charge in [0.15, 0.2) is 0 Å². The highest BCUT2D eigenvalue weighted by Crippen LogP contribution is 2.22. The summed E-state index contributed by atoms with van der Waals surface area (Å²) < 4.78 is 1.98. The minimum absolute atomic E-state index is 0.186. The molecule has 1 heterocycles. The molecule has 0 amide bonds. The van der Waals surface area contributed by atoms with Gasteiger partial charge < -0.3 is 5.73 Å². The standard InChI is InChI=1S/C17H26N4/c1-5-6-16-15(11-18)19-20-21(16)12-13-7-9-14(10-8-13)17(2,3)4/h7-10H,5-6,11-12,18H2,1-4H3. The zero-order valence-corrected chi connectivity index (χ0v) is 13.6. The van der Waals surface area contributed by atoms with Crippen LogP contribution in [0.2, 0.25) is 0 Å². The second kappa shape index (κ2) is 6.39. The molecule has 2 aromatic rings. The maximum absolute atomic E-state index is 5.74. The molecule has 0 atom stereocenters. The van der Waals surface area contributed by atoms with Crippen LogP contribution in [0.5, 0.6) is 0 Å². The molecule has 0 fully saturated rings. The van der Waals surface area contributed by atoms with Crippen LogP contribution in [-0.2, 0) is 24.9 Å². The summed E-state index contributed by atoms with van der Waals surface area (Å²) in [6.07, 6.45) is 2.04. The van der Waals surface area contributed by atoms with Crippen LogP contribution in [0.15, 0.2) is 24.3 Å². The molecule has 0 spiro atoms. The van der Waals surface area contributed by atoms with Gasteiger partial charge in [0.1, 0.15) is 0 Å². The van der Waals surface area contributed by atoms with E-state index in [0.717, 1.165) is 25.1 Å². The molecule has 0 aliphatic rings. The summed E-state index contributed by atoms with van der Waals surface area (Å²) in [4.78, 5) is 0. The number of rotatable bonds is 5. The van der Waals surface area contributed by atoms with E-state index in [1.807, 2.05) is 4.68 Å². The minimum atomic E-state index is 0.186. The SMILES string of the molecule is CCCc1c(CN)nnn1Cc1ccc(C(C)(C)C)cc1. The quantitative estimate of drug-likeness (QED) is 0.919. The second-order valence-electron chi connectivity index (χ2n) is 6.54. The van der Waals surface area contributed by atoms with Gasteiger partial charge in [0.25, 0.3) is 0 Å². The summed E-state index contributed by atoms with van der Waals surface area (Å²) >= 11 is 0. The van der Waals surface area contributed by atoms with Crippen LogP contribution in [0, 0.1) is 0 Å². The lowest BCUT2D eigenvalue weighted by Gasteiger charge is -2.19. The van der Waals surface area contributed by atoms with E-state index < -0.39 is 0 Å². The summed E-state index contributed by atoms with van der Waals surface area (Å²) in [7, 11) is 0. The van der Waals surface area contributed by atoms with Gasteiger partial charge in [-0.05, 0) is 23.0 Å². The Labute approximate surface area is 127 Å². The summed E-state index contributed by atoms with van der Waals surface area (Å²) in [5, 5.41) is 8.45. The van der Waals surface area contributed by atoms with E-state index in [4.69, 9.17) is 5.73 Å². The number of aromatic nitrogens is 3. The number of hydrogen-bond donors (Lipinski definition) is 1. The van der Waals surface area contributed by atoms with Crippen LogP contribution < -0.4 is 5.73 Å². The smallest absolute Gasteiger partial charge is 0.0994 e. The van der Waals surface area contributed by atoms with Crippen molar-refractivity contribution in [3.05, 3.63) is 46.8 Å². The molecule has 0 unspecified atom stereocenters. The largest absolute Gasteiger partial charge is 0.325 e. The van der Waals surface area contributed by atoms with Crippen molar-refractivity contribution in [3.63, 3.8) is 0 Å². The molecule has 4 nitrogen and oxygen atoms in total. The Hall–Kier alpha value is -1.68. The Morgan fingerprint density at radius 3 is 2.33 bits per heavy atom. The minimum Gasteiger partial charge on any atom is -0.325 e. The summed E-state index contributed by atoms with van der Waals surface area (Å²) in [5.74, 6) is 0. The Kier molecular flexibility index (Phi) is 4.78. The lowest BCUT2D eigenvalue weighted by Crippen LogP contribution is -2.12. The van der Waals surface area contributed by atoms with E-state index in [-0.39, 0.29) is 5.41 Å². The van der Waals surface area contributed by atoms with Crippen LogP contribution in [0.25, 0.3) is 0 Å². The van der Waals surface area contributed by atoms with Gasteiger partial charge in [0.05, 0.1) is 17.9 Å². The average molecular weight is 286 g/mol. The van der Waals surface area contributed by atoms with Gasteiger partial charge in [-0.25, -0.2) is 4.68 Å². The van der Waals surface area contributed by atoms with Gasteiger partial charge in [0.2, 0.25) is 0 Å². The zero-order chi connectivity index (χ0) is 15.5. The Bertz CT molecular complexity index is 576. The first-order valence-corrected chi connectivity index (χ1v) is 7.66. The first-order chi connectivity index (χ1) is 9.95.